The molecular formula is C13H14BrN3. The molecule has 0 saturated heterocycles. The van der Waals surface area contributed by atoms with E-state index < -0.39 is 0 Å². The maximum absolute atomic E-state index is 4.37. The van der Waals surface area contributed by atoms with E-state index in [1.807, 2.05) is 25.3 Å². The molecular weight excluding hydrogens is 278 g/mol. The Morgan fingerprint density at radius 2 is 2.00 bits per heavy atom. The Labute approximate surface area is 109 Å². The molecule has 2 aromatic heterocycles. The van der Waals surface area contributed by atoms with Crippen molar-refractivity contribution >= 4 is 21.7 Å². The summed E-state index contributed by atoms with van der Waals surface area (Å²) >= 11 is 3.51. The number of aryl methyl sites for hydroxylation is 1. The van der Waals surface area contributed by atoms with Crippen molar-refractivity contribution in [3.05, 3.63) is 52.4 Å². The van der Waals surface area contributed by atoms with Crippen molar-refractivity contribution in [1.82, 2.24) is 9.97 Å². The van der Waals surface area contributed by atoms with Gasteiger partial charge in [-0.3, -0.25) is 4.98 Å². The fraction of sp³-hybridized carbons (Fsp3) is 0.231. The quantitative estimate of drug-likeness (QED) is 0.937. The van der Waals surface area contributed by atoms with Gasteiger partial charge in [-0.25, -0.2) is 4.98 Å². The fourth-order valence-corrected chi connectivity index (χ4v) is 2.16. The van der Waals surface area contributed by atoms with Gasteiger partial charge in [0.1, 0.15) is 5.82 Å². The molecule has 1 atom stereocenters. The van der Waals surface area contributed by atoms with Crippen molar-refractivity contribution < 1.29 is 0 Å². The maximum Gasteiger partial charge on any atom is 0.140 e. The van der Waals surface area contributed by atoms with E-state index in [4.69, 9.17) is 0 Å². The molecule has 2 rings (SSSR count). The van der Waals surface area contributed by atoms with E-state index in [1.54, 1.807) is 12.4 Å². The van der Waals surface area contributed by atoms with E-state index in [0.717, 1.165) is 15.9 Å². The second-order valence-corrected chi connectivity index (χ2v) is 4.84. The molecule has 0 spiro atoms. The van der Waals surface area contributed by atoms with E-state index in [9.17, 15) is 0 Å². The Morgan fingerprint density at radius 1 is 1.29 bits per heavy atom. The van der Waals surface area contributed by atoms with E-state index in [0.29, 0.717) is 0 Å². The molecule has 0 aliphatic heterocycles. The fourth-order valence-electron chi connectivity index (χ4n) is 1.58. The summed E-state index contributed by atoms with van der Waals surface area (Å²) in [4.78, 5) is 8.38. The van der Waals surface area contributed by atoms with Crippen molar-refractivity contribution in [2.75, 3.05) is 5.32 Å². The summed E-state index contributed by atoms with van der Waals surface area (Å²) in [5.41, 5.74) is 2.33. The Bertz CT molecular complexity index is 499. The minimum atomic E-state index is 0.199. The van der Waals surface area contributed by atoms with Gasteiger partial charge in [0.2, 0.25) is 0 Å². The first-order chi connectivity index (χ1) is 8.16. The van der Waals surface area contributed by atoms with Gasteiger partial charge < -0.3 is 5.32 Å². The van der Waals surface area contributed by atoms with Gasteiger partial charge in [0.15, 0.2) is 0 Å². The maximum atomic E-state index is 4.37. The average Bonchev–Trinajstić information content (AvgIpc) is 2.34. The van der Waals surface area contributed by atoms with Crippen LogP contribution in [0.3, 0.4) is 0 Å². The van der Waals surface area contributed by atoms with Crippen LogP contribution in [0.2, 0.25) is 0 Å². The van der Waals surface area contributed by atoms with E-state index in [1.165, 1.54) is 5.56 Å². The molecule has 0 aromatic carbocycles. The molecule has 0 aliphatic rings. The Hall–Kier alpha value is -1.42. The van der Waals surface area contributed by atoms with E-state index in [2.05, 4.69) is 44.2 Å². The number of pyridine rings is 2. The zero-order valence-electron chi connectivity index (χ0n) is 9.81. The zero-order chi connectivity index (χ0) is 12.3. The van der Waals surface area contributed by atoms with Crippen LogP contribution in [0.1, 0.15) is 24.1 Å². The summed E-state index contributed by atoms with van der Waals surface area (Å²) in [6, 6.07) is 6.25. The third-order valence-corrected chi connectivity index (χ3v) is 3.14. The van der Waals surface area contributed by atoms with Gasteiger partial charge in [-0.1, -0.05) is 0 Å². The smallest absolute Gasteiger partial charge is 0.140 e. The van der Waals surface area contributed by atoms with Crippen molar-refractivity contribution in [2.45, 2.75) is 19.9 Å². The molecule has 2 aromatic rings. The van der Waals surface area contributed by atoms with Crippen LogP contribution >= 0.6 is 15.9 Å². The highest BCUT2D eigenvalue weighted by Crippen LogP contribution is 2.24. The number of rotatable bonds is 3. The minimum absolute atomic E-state index is 0.199. The molecule has 1 N–H and O–H groups in total. The largest absolute Gasteiger partial charge is 0.363 e. The first kappa shape index (κ1) is 12.0. The van der Waals surface area contributed by atoms with Crippen LogP contribution < -0.4 is 5.32 Å². The Kier molecular flexibility index (Phi) is 3.74. The van der Waals surface area contributed by atoms with Gasteiger partial charge in [-0.05, 0) is 59.1 Å². The molecule has 0 amide bonds. The number of aromatic nitrogens is 2. The van der Waals surface area contributed by atoms with Crippen LogP contribution in [-0.2, 0) is 0 Å². The van der Waals surface area contributed by atoms with E-state index in [-0.39, 0.29) is 6.04 Å². The topological polar surface area (TPSA) is 37.8 Å². The second-order valence-electron chi connectivity index (χ2n) is 3.99. The molecule has 3 nitrogen and oxygen atoms in total. The third-order valence-electron chi connectivity index (χ3n) is 2.54. The Balaban J connectivity index is 2.16. The average molecular weight is 292 g/mol. The molecule has 88 valence electrons. The van der Waals surface area contributed by atoms with Gasteiger partial charge >= 0.3 is 0 Å². The highest BCUT2D eigenvalue weighted by molar-refractivity contribution is 9.10. The SMILES string of the molecule is Cc1cnc(NC(C)c2ccncc2)c(Br)c1. The highest BCUT2D eigenvalue weighted by Gasteiger charge is 2.08. The molecule has 17 heavy (non-hydrogen) atoms. The molecule has 4 heteroatoms. The van der Waals surface area contributed by atoms with Gasteiger partial charge in [-0.2, -0.15) is 0 Å². The molecule has 2 heterocycles. The molecule has 0 bridgehead atoms. The lowest BCUT2D eigenvalue weighted by molar-refractivity contribution is 0.869. The van der Waals surface area contributed by atoms with Crippen LogP contribution in [-0.4, -0.2) is 9.97 Å². The van der Waals surface area contributed by atoms with Gasteiger partial charge in [0.05, 0.1) is 10.5 Å². The van der Waals surface area contributed by atoms with Crippen molar-refractivity contribution in [3.63, 3.8) is 0 Å². The number of anilines is 1. The first-order valence-electron chi connectivity index (χ1n) is 5.45. The lowest BCUT2D eigenvalue weighted by Crippen LogP contribution is -2.08. The summed E-state index contributed by atoms with van der Waals surface area (Å²) in [5.74, 6) is 0.861. The number of nitrogens with one attached hydrogen (secondary N) is 1. The van der Waals surface area contributed by atoms with Crippen LogP contribution in [0.15, 0.2) is 41.3 Å². The lowest BCUT2D eigenvalue weighted by Gasteiger charge is -2.15. The van der Waals surface area contributed by atoms with Gasteiger partial charge in [0, 0.05) is 18.6 Å². The van der Waals surface area contributed by atoms with Crippen LogP contribution in [0, 0.1) is 6.92 Å². The van der Waals surface area contributed by atoms with Crippen molar-refractivity contribution in [3.8, 4) is 0 Å². The number of hydrogen-bond donors (Lipinski definition) is 1. The molecule has 0 fully saturated rings. The van der Waals surface area contributed by atoms with Gasteiger partial charge in [0.25, 0.3) is 0 Å². The highest BCUT2D eigenvalue weighted by atomic mass is 79.9. The summed E-state index contributed by atoms with van der Waals surface area (Å²) in [7, 11) is 0. The number of nitrogens with zero attached hydrogens (tertiary/aromatic N) is 2. The van der Waals surface area contributed by atoms with Crippen LogP contribution in [0.4, 0.5) is 5.82 Å². The molecule has 1 unspecified atom stereocenters. The second kappa shape index (κ2) is 5.27. The Morgan fingerprint density at radius 3 is 2.65 bits per heavy atom. The first-order valence-corrected chi connectivity index (χ1v) is 6.24. The minimum Gasteiger partial charge on any atom is -0.363 e. The van der Waals surface area contributed by atoms with E-state index >= 15 is 0 Å². The zero-order valence-corrected chi connectivity index (χ0v) is 11.4. The predicted octanol–water partition coefficient (Wildman–Crippen LogP) is 3.72. The van der Waals surface area contributed by atoms with Crippen molar-refractivity contribution in [2.24, 2.45) is 0 Å². The monoisotopic (exact) mass is 291 g/mol. The standard InChI is InChI=1S/C13H14BrN3/c1-9-7-12(14)13(16-8-9)17-10(2)11-3-5-15-6-4-11/h3-8,10H,1-2H3,(H,16,17). The number of halogens is 1. The molecule has 0 radical (unpaired) electrons. The predicted molar refractivity (Wildman–Crippen MR) is 72.9 cm³/mol. The summed E-state index contributed by atoms with van der Waals surface area (Å²) in [6.45, 7) is 4.12. The normalized spacial score (nSPS) is 12.2. The van der Waals surface area contributed by atoms with Gasteiger partial charge in [-0.15, -0.1) is 0 Å². The summed E-state index contributed by atoms with van der Waals surface area (Å²) < 4.78 is 0.985. The lowest BCUT2D eigenvalue weighted by atomic mass is 10.1. The van der Waals surface area contributed by atoms with Crippen LogP contribution in [0.5, 0.6) is 0 Å². The third kappa shape index (κ3) is 3.03. The summed E-state index contributed by atoms with van der Waals surface area (Å²) in [6.07, 6.45) is 5.45. The molecule has 0 aliphatic carbocycles. The molecule has 0 saturated carbocycles. The number of hydrogen-bond acceptors (Lipinski definition) is 3. The van der Waals surface area contributed by atoms with Crippen LogP contribution in [0.25, 0.3) is 0 Å². The van der Waals surface area contributed by atoms with Crippen molar-refractivity contribution in [1.29, 1.82) is 0 Å². The summed E-state index contributed by atoms with van der Waals surface area (Å²) in [5, 5.41) is 3.37.